The van der Waals surface area contributed by atoms with Crippen LogP contribution < -0.4 is 0 Å². The number of aliphatic carboxylic acids is 1. The highest BCUT2D eigenvalue weighted by atomic mass is 16.5. The Balaban J connectivity index is 3.45. The first-order valence-corrected chi connectivity index (χ1v) is 1.54. The summed E-state index contributed by atoms with van der Waals surface area (Å²) < 4.78 is 4.11. The molecule has 0 amide bonds. The van der Waals surface area contributed by atoms with Crippen LogP contribution in [0.25, 0.3) is 0 Å². The maximum atomic E-state index is 9.50. The number of methoxy groups -OCH3 is 1. The van der Waals surface area contributed by atoms with Gasteiger partial charge < -0.3 is 9.84 Å². The standard InChI is InChI=1S/C4H4O3/c1-7-3-2-4(5)6/h1H3,(H,5,6). The first kappa shape index (κ1) is 5.83. The molecular formula is C4H4O3. The van der Waals surface area contributed by atoms with Gasteiger partial charge in [0, 0.05) is 0 Å². The van der Waals surface area contributed by atoms with Crippen LogP contribution in [0.1, 0.15) is 0 Å². The number of hydrogen-bond donors (Lipinski definition) is 1. The molecule has 0 saturated carbocycles. The number of carbonyl (C=O) groups is 1. The lowest BCUT2D eigenvalue weighted by Crippen LogP contribution is -1.86. The molecule has 0 atom stereocenters. The van der Waals surface area contributed by atoms with Crippen LogP contribution in [0.3, 0.4) is 0 Å². The van der Waals surface area contributed by atoms with Crippen molar-refractivity contribution in [1.29, 1.82) is 0 Å². The molecule has 0 heterocycles. The summed E-state index contributed by atoms with van der Waals surface area (Å²) in [5, 5.41) is 7.79. The molecule has 0 aliphatic rings. The first-order chi connectivity index (χ1) is 3.27. The zero-order chi connectivity index (χ0) is 5.70. The van der Waals surface area contributed by atoms with Crippen molar-refractivity contribution >= 4 is 5.97 Å². The molecule has 7 heavy (non-hydrogen) atoms. The average Bonchev–Trinajstić information content (AvgIpc) is 1.61. The van der Waals surface area contributed by atoms with E-state index in [-0.39, 0.29) is 0 Å². The zero-order valence-corrected chi connectivity index (χ0v) is 3.76. The monoisotopic (exact) mass is 100 g/mol. The maximum Gasteiger partial charge on any atom is 0.385 e. The number of carboxylic acid groups (broad SMARTS) is 1. The van der Waals surface area contributed by atoms with E-state index in [1.807, 2.05) is 6.11 Å². The average molecular weight is 100 g/mol. The zero-order valence-electron chi connectivity index (χ0n) is 3.76. The third-order valence-corrected chi connectivity index (χ3v) is 0.260. The topological polar surface area (TPSA) is 46.5 Å². The van der Waals surface area contributed by atoms with Gasteiger partial charge in [0.05, 0.1) is 13.0 Å². The fourth-order valence-corrected chi connectivity index (χ4v) is 0.0947. The minimum atomic E-state index is -1.18. The van der Waals surface area contributed by atoms with E-state index in [4.69, 9.17) is 5.11 Å². The van der Waals surface area contributed by atoms with E-state index in [1.54, 1.807) is 5.92 Å². The smallest absolute Gasteiger partial charge is 0.385 e. The fraction of sp³-hybridized carbons (Fsp3) is 0.250. The first-order valence-electron chi connectivity index (χ1n) is 1.54. The number of hydrogen-bond acceptors (Lipinski definition) is 2. The van der Waals surface area contributed by atoms with Crippen LogP contribution >= 0.6 is 0 Å². The Kier molecular flexibility index (Phi) is 2.53. The highest BCUT2D eigenvalue weighted by Gasteiger charge is 1.79. The van der Waals surface area contributed by atoms with E-state index >= 15 is 0 Å². The summed E-state index contributed by atoms with van der Waals surface area (Å²) in [5.41, 5.74) is 0. The van der Waals surface area contributed by atoms with E-state index in [9.17, 15) is 4.79 Å². The van der Waals surface area contributed by atoms with Crippen LogP contribution in [0.4, 0.5) is 0 Å². The third-order valence-electron chi connectivity index (χ3n) is 0.260. The second kappa shape index (κ2) is 3.04. The molecule has 0 aromatic carbocycles. The quantitative estimate of drug-likeness (QED) is 0.424. The van der Waals surface area contributed by atoms with E-state index in [0.717, 1.165) is 0 Å². The van der Waals surface area contributed by atoms with Crippen molar-refractivity contribution in [3.05, 3.63) is 0 Å². The van der Waals surface area contributed by atoms with E-state index in [2.05, 4.69) is 4.74 Å². The number of carboxylic acids is 1. The van der Waals surface area contributed by atoms with Crippen molar-refractivity contribution in [2.24, 2.45) is 0 Å². The van der Waals surface area contributed by atoms with Gasteiger partial charge in [0.25, 0.3) is 0 Å². The molecule has 38 valence electrons. The van der Waals surface area contributed by atoms with Gasteiger partial charge in [0.15, 0.2) is 0 Å². The predicted molar refractivity (Wildman–Crippen MR) is 22.4 cm³/mol. The summed E-state index contributed by atoms with van der Waals surface area (Å²) in [6, 6.07) is 0. The number of ether oxygens (including phenoxy) is 1. The summed E-state index contributed by atoms with van der Waals surface area (Å²) in [4.78, 5) is 9.50. The molecule has 0 unspecified atom stereocenters. The lowest BCUT2D eigenvalue weighted by molar-refractivity contribution is -0.130. The van der Waals surface area contributed by atoms with Gasteiger partial charge in [-0.25, -0.2) is 4.79 Å². The van der Waals surface area contributed by atoms with E-state index in [0.29, 0.717) is 0 Å². The summed E-state index contributed by atoms with van der Waals surface area (Å²) in [6.07, 6.45) is 1.90. The van der Waals surface area contributed by atoms with Crippen molar-refractivity contribution in [2.75, 3.05) is 7.11 Å². The summed E-state index contributed by atoms with van der Waals surface area (Å²) >= 11 is 0. The van der Waals surface area contributed by atoms with Gasteiger partial charge in [0.1, 0.15) is 6.11 Å². The normalized spacial score (nSPS) is 5.86. The highest BCUT2D eigenvalue weighted by molar-refractivity contribution is 5.86. The molecule has 3 nitrogen and oxygen atoms in total. The van der Waals surface area contributed by atoms with Crippen LogP contribution in [0, 0.1) is 12.0 Å². The van der Waals surface area contributed by atoms with Crippen LogP contribution in [-0.4, -0.2) is 18.2 Å². The summed E-state index contributed by atoms with van der Waals surface area (Å²) in [7, 11) is 1.30. The van der Waals surface area contributed by atoms with Crippen molar-refractivity contribution in [1.82, 2.24) is 0 Å². The molecule has 0 spiro atoms. The molecule has 0 aromatic heterocycles. The maximum absolute atomic E-state index is 9.50. The van der Waals surface area contributed by atoms with Gasteiger partial charge in [-0.3, -0.25) is 0 Å². The fourth-order valence-electron chi connectivity index (χ4n) is 0.0947. The molecule has 0 saturated heterocycles. The third kappa shape index (κ3) is 4.83. The molecule has 0 aromatic rings. The molecular weight excluding hydrogens is 96.0 g/mol. The Bertz CT molecular complexity index is 117. The van der Waals surface area contributed by atoms with E-state index < -0.39 is 5.97 Å². The van der Waals surface area contributed by atoms with Gasteiger partial charge in [-0.05, 0) is 0 Å². The van der Waals surface area contributed by atoms with Crippen molar-refractivity contribution < 1.29 is 14.6 Å². The van der Waals surface area contributed by atoms with Crippen LogP contribution in [0.15, 0.2) is 0 Å². The van der Waals surface area contributed by atoms with Crippen LogP contribution in [-0.2, 0) is 9.53 Å². The molecule has 3 heteroatoms. The van der Waals surface area contributed by atoms with Crippen LogP contribution in [0.5, 0.6) is 0 Å². The Morgan fingerprint density at radius 2 is 2.43 bits per heavy atom. The molecule has 0 radical (unpaired) electrons. The van der Waals surface area contributed by atoms with E-state index in [1.165, 1.54) is 7.11 Å². The highest BCUT2D eigenvalue weighted by Crippen LogP contribution is 1.56. The predicted octanol–water partition coefficient (Wildman–Crippen LogP) is -0.322. The van der Waals surface area contributed by atoms with Crippen molar-refractivity contribution in [3.63, 3.8) is 0 Å². The molecule has 0 rings (SSSR count). The molecule has 0 bridgehead atoms. The van der Waals surface area contributed by atoms with Gasteiger partial charge in [-0.15, -0.1) is 0 Å². The Morgan fingerprint density at radius 3 is 2.57 bits per heavy atom. The molecule has 0 aliphatic heterocycles. The van der Waals surface area contributed by atoms with Gasteiger partial charge in [0.2, 0.25) is 0 Å². The summed E-state index contributed by atoms with van der Waals surface area (Å²) in [5.74, 6) is 0.561. The van der Waals surface area contributed by atoms with Gasteiger partial charge in [-0.1, -0.05) is 0 Å². The Hall–Kier alpha value is -1.17. The molecule has 1 N–H and O–H groups in total. The SMILES string of the molecule is COC#CC(=O)O. The lowest BCUT2D eigenvalue weighted by atomic mass is 10.7. The van der Waals surface area contributed by atoms with Gasteiger partial charge >= 0.3 is 5.97 Å². The lowest BCUT2D eigenvalue weighted by Gasteiger charge is -1.72. The Morgan fingerprint density at radius 1 is 1.86 bits per heavy atom. The van der Waals surface area contributed by atoms with Crippen molar-refractivity contribution in [2.45, 2.75) is 0 Å². The van der Waals surface area contributed by atoms with Crippen molar-refractivity contribution in [3.8, 4) is 12.0 Å². The molecule has 0 fully saturated rings. The second-order valence-electron chi connectivity index (χ2n) is 0.736. The summed E-state index contributed by atoms with van der Waals surface area (Å²) in [6.45, 7) is 0. The second-order valence-corrected chi connectivity index (χ2v) is 0.736. The van der Waals surface area contributed by atoms with Gasteiger partial charge in [-0.2, -0.15) is 0 Å². The number of rotatable bonds is 0. The largest absolute Gasteiger partial charge is 0.472 e. The molecule has 0 aliphatic carbocycles. The minimum absolute atomic E-state index is 1.18. The van der Waals surface area contributed by atoms with Crippen LogP contribution in [0.2, 0.25) is 0 Å². The minimum Gasteiger partial charge on any atom is -0.472 e. The Labute approximate surface area is 40.9 Å².